The molecule has 0 bridgehead atoms. The van der Waals surface area contributed by atoms with E-state index in [1.54, 1.807) is 0 Å². The fourth-order valence-corrected chi connectivity index (χ4v) is 4.49. The quantitative estimate of drug-likeness (QED) is 0.454. The SMILES string of the molecule is NC(=S)N[SiH]1CCCCC1. The van der Waals surface area contributed by atoms with Crippen molar-refractivity contribution in [2.75, 3.05) is 0 Å². The summed E-state index contributed by atoms with van der Waals surface area (Å²) in [6, 6.07) is 2.74. The zero-order chi connectivity index (χ0) is 7.40. The molecule has 0 aliphatic carbocycles. The van der Waals surface area contributed by atoms with E-state index in [-0.39, 0.29) is 0 Å². The standard InChI is InChI=1S/C6H14N2SSi/c7-6(9)8-10-4-2-1-3-5-10/h10H,1-5H2,(H3,7,8,9). The molecule has 2 nitrogen and oxygen atoms in total. The van der Waals surface area contributed by atoms with E-state index < -0.39 is 8.96 Å². The van der Waals surface area contributed by atoms with E-state index in [0.717, 1.165) is 0 Å². The van der Waals surface area contributed by atoms with Crippen molar-refractivity contribution in [2.45, 2.75) is 31.4 Å². The summed E-state index contributed by atoms with van der Waals surface area (Å²) in [4.78, 5) is 3.23. The molecule has 1 rings (SSSR count). The van der Waals surface area contributed by atoms with Gasteiger partial charge in [0, 0.05) is 0 Å². The van der Waals surface area contributed by atoms with Crippen molar-refractivity contribution in [2.24, 2.45) is 5.73 Å². The molecule has 1 fully saturated rings. The van der Waals surface area contributed by atoms with Crippen molar-refractivity contribution in [3.8, 4) is 0 Å². The molecule has 1 aliphatic rings. The van der Waals surface area contributed by atoms with E-state index in [1.807, 2.05) is 0 Å². The first kappa shape index (κ1) is 8.01. The molecule has 0 spiro atoms. The Morgan fingerprint density at radius 2 is 1.90 bits per heavy atom. The number of rotatable bonds is 1. The van der Waals surface area contributed by atoms with Gasteiger partial charge in [0.2, 0.25) is 0 Å². The Labute approximate surface area is 68.9 Å². The van der Waals surface area contributed by atoms with Crippen molar-refractivity contribution in [1.82, 2.24) is 4.98 Å². The second-order valence-electron chi connectivity index (χ2n) is 2.84. The summed E-state index contributed by atoms with van der Waals surface area (Å²) in [6.07, 6.45) is 4.17. The Bertz CT molecular complexity index is 123. The minimum absolute atomic E-state index is 0.513. The van der Waals surface area contributed by atoms with Gasteiger partial charge >= 0.3 is 0 Å². The van der Waals surface area contributed by atoms with Crippen LogP contribution in [0.2, 0.25) is 12.1 Å². The Kier molecular flexibility index (Phi) is 3.15. The largest absolute Gasteiger partial charge is 0.391 e. The van der Waals surface area contributed by atoms with Crippen molar-refractivity contribution in [3.63, 3.8) is 0 Å². The molecule has 58 valence electrons. The van der Waals surface area contributed by atoms with Crippen LogP contribution in [0.15, 0.2) is 0 Å². The van der Waals surface area contributed by atoms with Crippen LogP contribution in [0.25, 0.3) is 0 Å². The van der Waals surface area contributed by atoms with E-state index in [0.29, 0.717) is 5.11 Å². The molecule has 3 N–H and O–H groups in total. The maximum atomic E-state index is 5.38. The van der Waals surface area contributed by atoms with E-state index in [9.17, 15) is 0 Å². The van der Waals surface area contributed by atoms with Crippen molar-refractivity contribution >= 4 is 26.3 Å². The average molecular weight is 174 g/mol. The molecule has 1 heterocycles. The van der Waals surface area contributed by atoms with Gasteiger partial charge in [0.25, 0.3) is 0 Å². The summed E-state index contributed by atoms with van der Waals surface area (Å²) < 4.78 is 0. The van der Waals surface area contributed by atoms with Crippen LogP contribution >= 0.6 is 12.2 Å². The lowest BCUT2D eigenvalue weighted by atomic mass is 10.3. The van der Waals surface area contributed by atoms with Crippen LogP contribution in [0.1, 0.15) is 19.3 Å². The van der Waals surface area contributed by atoms with Gasteiger partial charge in [-0.2, -0.15) is 0 Å². The van der Waals surface area contributed by atoms with E-state index in [4.69, 9.17) is 18.0 Å². The van der Waals surface area contributed by atoms with E-state index >= 15 is 0 Å². The fourth-order valence-electron chi connectivity index (χ4n) is 1.45. The van der Waals surface area contributed by atoms with Crippen molar-refractivity contribution in [1.29, 1.82) is 0 Å². The summed E-state index contributed by atoms with van der Waals surface area (Å²) in [5.74, 6) is 0. The van der Waals surface area contributed by atoms with Crippen LogP contribution in [-0.4, -0.2) is 14.1 Å². The predicted molar refractivity (Wildman–Crippen MR) is 50.5 cm³/mol. The molecular weight excluding hydrogens is 160 g/mol. The third kappa shape index (κ3) is 2.66. The second-order valence-corrected chi connectivity index (χ2v) is 6.12. The molecule has 0 radical (unpaired) electrons. The van der Waals surface area contributed by atoms with Crippen LogP contribution in [0, 0.1) is 0 Å². The zero-order valence-electron chi connectivity index (χ0n) is 6.10. The van der Waals surface area contributed by atoms with Gasteiger partial charge < -0.3 is 10.7 Å². The molecular formula is C6H14N2SSi. The monoisotopic (exact) mass is 174 g/mol. The van der Waals surface area contributed by atoms with Gasteiger partial charge in [-0.15, -0.1) is 0 Å². The molecule has 10 heavy (non-hydrogen) atoms. The lowest BCUT2D eigenvalue weighted by Crippen LogP contribution is -2.42. The van der Waals surface area contributed by atoms with Crippen LogP contribution in [0.4, 0.5) is 0 Å². The van der Waals surface area contributed by atoms with Gasteiger partial charge in [-0.05, 0) is 24.3 Å². The first-order chi connectivity index (χ1) is 4.79. The van der Waals surface area contributed by atoms with Crippen molar-refractivity contribution in [3.05, 3.63) is 0 Å². The number of hydrogen-bond acceptors (Lipinski definition) is 1. The Balaban J connectivity index is 2.19. The molecule has 1 saturated heterocycles. The molecule has 1 aliphatic heterocycles. The van der Waals surface area contributed by atoms with Gasteiger partial charge in [-0.3, -0.25) is 0 Å². The summed E-state index contributed by atoms with van der Waals surface area (Å²) >= 11 is 4.78. The van der Waals surface area contributed by atoms with Crippen LogP contribution < -0.4 is 10.7 Å². The van der Waals surface area contributed by atoms with Gasteiger partial charge in [-0.25, -0.2) is 0 Å². The van der Waals surface area contributed by atoms with Gasteiger partial charge in [-0.1, -0.05) is 19.3 Å². The lowest BCUT2D eigenvalue weighted by molar-refractivity contribution is 0.717. The number of thiocarbonyl (C=S) groups is 1. The topological polar surface area (TPSA) is 38.0 Å². The van der Waals surface area contributed by atoms with Gasteiger partial charge in [0.15, 0.2) is 5.11 Å². The summed E-state index contributed by atoms with van der Waals surface area (Å²) in [5.41, 5.74) is 5.38. The van der Waals surface area contributed by atoms with Crippen LogP contribution in [-0.2, 0) is 0 Å². The maximum absolute atomic E-state index is 5.38. The van der Waals surface area contributed by atoms with Gasteiger partial charge in [0.1, 0.15) is 8.96 Å². The maximum Gasteiger partial charge on any atom is 0.155 e. The van der Waals surface area contributed by atoms with Crippen LogP contribution in [0.3, 0.4) is 0 Å². The molecule has 0 unspecified atom stereocenters. The number of nitrogens with one attached hydrogen (secondary N) is 1. The Morgan fingerprint density at radius 1 is 1.30 bits per heavy atom. The zero-order valence-corrected chi connectivity index (χ0v) is 8.07. The summed E-state index contributed by atoms with van der Waals surface area (Å²) in [5, 5.41) is 0.513. The third-order valence-corrected chi connectivity index (χ3v) is 5.21. The summed E-state index contributed by atoms with van der Waals surface area (Å²) in [6.45, 7) is 0. The highest BCUT2D eigenvalue weighted by Gasteiger charge is 2.14. The molecule has 0 aromatic heterocycles. The highest BCUT2D eigenvalue weighted by atomic mass is 32.1. The third-order valence-electron chi connectivity index (χ3n) is 1.95. The minimum atomic E-state index is -0.700. The number of nitrogens with two attached hydrogens (primary N) is 1. The molecule has 0 aromatic rings. The molecule has 0 aromatic carbocycles. The predicted octanol–water partition coefficient (Wildman–Crippen LogP) is 0.727. The molecule has 0 amide bonds. The number of hydrogen-bond donors (Lipinski definition) is 2. The van der Waals surface area contributed by atoms with E-state index in [1.165, 1.54) is 31.4 Å². The fraction of sp³-hybridized carbons (Fsp3) is 0.833. The van der Waals surface area contributed by atoms with E-state index in [2.05, 4.69) is 4.98 Å². The second kappa shape index (κ2) is 3.93. The Morgan fingerprint density at radius 3 is 2.40 bits per heavy atom. The normalized spacial score (nSPS) is 20.4. The molecule has 4 heteroatoms. The van der Waals surface area contributed by atoms with Crippen molar-refractivity contribution < 1.29 is 0 Å². The average Bonchev–Trinajstić information content (AvgIpc) is 1.88. The smallest absolute Gasteiger partial charge is 0.155 e. The highest BCUT2D eigenvalue weighted by Crippen LogP contribution is 2.16. The molecule has 0 atom stereocenters. The first-order valence-corrected chi connectivity index (χ1v) is 6.47. The molecule has 0 saturated carbocycles. The lowest BCUT2D eigenvalue weighted by Gasteiger charge is -2.20. The Hall–Kier alpha value is -0.0931. The summed E-state index contributed by atoms with van der Waals surface area (Å²) in [7, 11) is -0.700. The first-order valence-electron chi connectivity index (χ1n) is 3.85. The highest BCUT2D eigenvalue weighted by molar-refractivity contribution is 7.80. The minimum Gasteiger partial charge on any atom is -0.391 e. The van der Waals surface area contributed by atoms with Crippen LogP contribution in [0.5, 0.6) is 0 Å². The van der Waals surface area contributed by atoms with Gasteiger partial charge in [0.05, 0.1) is 0 Å².